The molecule has 2 aromatic carbocycles. The topological polar surface area (TPSA) is 38.3 Å². The number of rotatable bonds is 5. The largest absolute Gasteiger partial charge is 0.481 e. The summed E-state index contributed by atoms with van der Waals surface area (Å²) in [6, 6.07) is 11.6. The number of hydrogen-bond donors (Lipinski definition) is 1. The minimum Gasteiger partial charge on any atom is -0.481 e. The van der Waals surface area contributed by atoms with Gasteiger partial charge in [0.05, 0.1) is 5.02 Å². The van der Waals surface area contributed by atoms with Gasteiger partial charge in [-0.2, -0.15) is 0 Å². The molecule has 1 N–H and O–H groups in total. The van der Waals surface area contributed by atoms with Crippen molar-refractivity contribution in [2.45, 2.75) is 32.8 Å². The third-order valence-electron chi connectivity index (χ3n) is 3.40. The Kier molecular flexibility index (Phi) is 5.61. The lowest BCUT2D eigenvalue weighted by Gasteiger charge is -2.18. The van der Waals surface area contributed by atoms with E-state index in [1.165, 1.54) is 18.2 Å². The van der Waals surface area contributed by atoms with Crippen LogP contribution in [0, 0.1) is 5.82 Å². The standard InChI is InChI=1S/C18H19ClFNO2/c1-11(2)14-6-4-5-7-17(14)23-12(3)18(22)21-13-8-9-16(20)15(19)10-13/h4-12H,1-3H3,(H,21,22)/t12-/m0/s1. The van der Waals surface area contributed by atoms with Gasteiger partial charge in [0.15, 0.2) is 6.10 Å². The molecular weight excluding hydrogens is 317 g/mol. The van der Waals surface area contributed by atoms with E-state index in [1.807, 2.05) is 24.3 Å². The van der Waals surface area contributed by atoms with Crippen molar-refractivity contribution in [1.82, 2.24) is 0 Å². The Bertz CT molecular complexity index is 703. The molecule has 0 unspecified atom stereocenters. The molecule has 3 nitrogen and oxygen atoms in total. The average Bonchev–Trinajstić information content (AvgIpc) is 2.51. The van der Waals surface area contributed by atoms with Crippen LogP contribution >= 0.6 is 11.6 Å². The molecule has 0 spiro atoms. The first-order chi connectivity index (χ1) is 10.9. The number of benzene rings is 2. The minimum atomic E-state index is -0.696. The van der Waals surface area contributed by atoms with Gasteiger partial charge in [-0.1, -0.05) is 43.6 Å². The van der Waals surface area contributed by atoms with Gasteiger partial charge in [0.25, 0.3) is 5.91 Å². The summed E-state index contributed by atoms with van der Waals surface area (Å²) in [5.74, 6) is 0.116. The molecule has 122 valence electrons. The predicted octanol–water partition coefficient (Wildman–Crippen LogP) is 5.01. The number of nitrogens with one attached hydrogen (secondary N) is 1. The Hall–Kier alpha value is -2.07. The van der Waals surface area contributed by atoms with Crippen LogP contribution in [0.2, 0.25) is 5.02 Å². The lowest BCUT2D eigenvalue weighted by Crippen LogP contribution is -2.30. The molecule has 5 heteroatoms. The number of amides is 1. The van der Waals surface area contributed by atoms with Crippen molar-refractivity contribution < 1.29 is 13.9 Å². The fraction of sp³-hybridized carbons (Fsp3) is 0.278. The van der Waals surface area contributed by atoms with Crippen LogP contribution in [-0.4, -0.2) is 12.0 Å². The molecular formula is C18H19ClFNO2. The second kappa shape index (κ2) is 7.47. The fourth-order valence-electron chi connectivity index (χ4n) is 2.13. The van der Waals surface area contributed by atoms with Crippen LogP contribution in [0.25, 0.3) is 0 Å². The molecule has 0 saturated heterocycles. The molecule has 0 aliphatic heterocycles. The minimum absolute atomic E-state index is 0.0403. The van der Waals surface area contributed by atoms with E-state index in [9.17, 15) is 9.18 Å². The van der Waals surface area contributed by atoms with Crippen LogP contribution < -0.4 is 10.1 Å². The Morgan fingerprint density at radius 3 is 2.52 bits per heavy atom. The lowest BCUT2D eigenvalue weighted by molar-refractivity contribution is -0.122. The average molecular weight is 336 g/mol. The molecule has 2 rings (SSSR count). The molecule has 0 heterocycles. The van der Waals surface area contributed by atoms with Gasteiger partial charge < -0.3 is 10.1 Å². The van der Waals surface area contributed by atoms with Gasteiger partial charge in [-0.25, -0.2) is 4.39 Å². The van der Waals surface area contributed by atoms with E-state index < -0.39 is 11.9 Å². The Balaban J connectivity index is 2.07. The molecule has 0 radical (unpaired) electrons. The zero-order chi connectivity index (χ0) is 17.0. The fourth-order valence-corrected chi connectivity index (χ4v) is 2.31. The van der Waals surface area contributed by atoms with Gasteiger partial charge in [0.2, 0.25) is 0 Å². The number of anilines is 1. The third-order valence-corrected chi connectivity index (χ3v) is 3.69. The van der Waals surface area contributed by atoms with E-state index >= 15 is 0 Å². The molecule has 0 fully saturated rings. The molecule has 0 bridgehead atoms. The summed E-state index contributed by atoms with van der Waals surface area (Å²) in [6.07, 6.45) is -0.696. The number of carbonyl (C=O) groups excluding carboxylic acids is 1. The van der Waals surface area contributed by atoms with Gasteiger partial charge in [0.1, 0.15) is 11.6 Å². The van der Waals surface area contributed by atoms with Crippen LogP contribution in [0.15, 0.2) is 42.5 Å². The third kappa shape index (κ3) is 4.45. The summed E-state index contributed by atoms with van der Waals surface area (Å²) in [4.78, 5) is 12.2. The zero-order valence-electron chi connectivity index (χ0n) is 13.3. The van der Waals surface area contributed by atoms with Crippen molar-refractivity contribution in [2.75, 3.05) is 5.32 Å². The molecule has 2 aromatic rings. The van der Waals surface area contributed by atoms with Crippen LogP contribution in [0.5, 0.6) is 5.75 Å². The van der Waals surface area contributed by atoms with Crippen molar-refractivity contribution in [3.05, 3.63) is 58.9 Å². The van der Waals surface area contributed by atoms with E-state index in [0.29, 0.717) is 11.4 Å². The smallest absolute Gasteiger partial charge is 0.265 e. The Morgan fingerprint density at radius 1 is 1.17 bits per heavy atom. The summed E-state index contributed by atoms with van der Waals surface area (Å²) in [5.41, 5.74) is 1.46. The first-order valence-electron chi connectivity index (χ1n) is 7.40. The predicted molar refractivity (Wildman–Crippen MR) is 90.7 cm³/mol. The normalized spacial score (nSPS) is 12.1. The second-order valence-electron chi connectivity index (χ2n) is 5.57. The van der Waals surface area contributed by atoms with Gasteiger partial charge in [0, 0.05) is 5.69 Å². The molecule has 23 heavy (non-hydrogen) atoms. The monoisotopic (exact) mass is 335 g/mol. The number of para-hydroxylation sites is 1. The second-order valence-corrected chi connectivity index (χ2v) is 5.98. The Morgan fingerprint density at radius 2 is 1.87 bits per heavy atom. The summed E-state index contributed by atoms with van der Waals surface area (Å²) in [6.45, 7) is 5.79. The summed E-state index contributed by atoms with van der Waals surface area (Å²) >= 11 is 5.70. The quantitative estimate of drug-likeness (QED) is 0.834. The van der Waals surface area contributed by atoms with Crippen molar-refractivity contribution in [3.63, 3.8) is 0 Å². The van der Waals surface area contributed by atoms with Crippen molar-refractivity contribution in [3.8, 4) is 5.75 Å². The van der Waals surface area contributed by atoms with Gasteiger partial charge in [-0.05, 0) is 42.7 Å². The maximum Gasteiger partial charge on any atom is 0.265 e. The number of hydrogen-bond acceptors (Lipinski definition) is 2. The van der Waals surface area contributed by atoms with Gasteiger partial charge in [-0.15, -0.1) is 0 Å². The SMILES string of the molecule is CC(C)c1ccccc1O[C@@H](C)C(=O)Nc1ccc(F)c(Cl)c1. The molecule has 0 aromatic heterocycles. The first-order valence-corrected chi connectivity index (χ1v) is 7.77. The summed E-state index contributed by atoms with van der Waals surface area (Å²) in [7, 11) is 0. The molecule has 0 aliphatic rings. The van der Waals surface area contributed by atoms with Crippen LogP contribution in [0.4, 0.5) is 10.1 Å². The Labute approximate surface area is 140 Å². The first kappa shape index (κ1) is 17.3. The zero-order valence-corrected chi connectivity index (χ0v) is 14.0. The summed E-state index contributed by atoms with van der Waals surface area (Å²) in [5, 5.41) is 2.62. The lowest BCUT2D eigenvalue weighted by atomic mass is 10.0. The highest BCUT2D eigenvalue weighted by Gasteiger charge is 2.17. The highest BCUT2D eigenvalue weighted by atomic mass is 35.5. The van der Waals surface area contributed by atoms with E-state index in [4.69, 9.17) is 16.3 Å². The number of carbonyl (C=O) groups is 1. The number of halogens is 2. The van der Waals surface area contributed by atoms with Crippen molar-refractivity contribution in [1.29, 1.82) is 0 Å². The van der Waals surface area contributed by atoms with Crippen LogP contribution in [0.3, 0.4) is 0 Å². The van der Waals surface area contributed by atoms with E-state index in [0.717, 1.165) is 5.56 Å². The van der Waals surface area contributed by atoms with E-state index in [1.54, 1.807) is 6.92 Å². The highest BCUT2D eigenvalue weighted by molar-refractivity contribution is 6.31. The maximum absolute atomic E-state index is 13.1. The van der Waals surface area contributed by atoms with Gasteiger partial charge in [-0.3, -0.25) is 4.79 Å². The van der Waals surface area contributed by atoms with Gasteiger partial charge >= 0.3 is 0 Å². The van der Waals surface area contributed by atoms with Crippen molar-refractivity contribution in [2.24, 2.45) is 0 Å². The van der Waals surface area contributed by atoms with E-state index in [-0.39, 0.29) is 16.8 Å². The maximum atomic E-state index is 13.1. The van der Waals surface area contributed by atoms with Crippen LogP contribution in [-0.2, 0) is 4.79 Å². The summed E-state index contributed by atoms with van der Waals surface area (Å²) < 4.78 is 18.9. The number of ether oxygens (including phenoxy) is 1. The van der Waals surface area contributed by atoms with Crippen molar-refractivity contribution >= 4 is 23.2 Å². The molecule has 1 amide bonds. The molecule has 0 aliphatic carbocycles. The highest BCUT2D eigenvalue weighted by Crippen LogP contribution is 2.27. The van der Waals surface area contributed by atoms with E-state index in [2.05, 4.69) is 19.2 Å². The molecule has 0 saturated carbocycles. The van der Waals surface area contributed by atoms with Crippen LogP contribution in [0.1, 0.15) is 32.3 Å². The molecule has 1 atom stereocenters.